The summed E-state index contributed by atoms with van der Waals surface area (Å²) < 4.78 is 109. The molecule has 0 aromatic heterocycles. The highest BCUT2D eigenvalue weighted by Crippen LogP contribution is 2.33. The van der Waals surface area contributed by atoms with Crippen LogP contribution in [0.2, 0.25) is 0 Å². The lowest BCUT2D eigenvalue weighted by Crippen LogP contribution is -2.51. The van der Waals surface area contributed by atoms with E-state index in [-0.39, 0.29) is 50.5 Å². The molecule has 0 aliphatic carbocycles. The number of alkyl halides is 6. The Morgan fingerprint density at radius 3 is 2.28 bits per heavy atom. The van der Waals surface area contributed by atoms with Crippen molar-refractivity contribution in [3.63, 3.8) is 0 Å². The summed E-state index contributed by atoms with van der Waals surface area (Å²) in [6.45, 7) is 3.75. The molecule has 0 unspecified atom stereocenters. The summed E-state index contributed by atoms with van der Waals surface area (Å²) in [6.07, 6.45) is -9.03. The third-order valence-corrected chi connectivity index (χ3v) is 8.31. The number of hydrogen-bond acceptors (Lipinski definition) is 5. The van der Waals surface area contributed by atoms with Crippen LogP contribution in [0.4, 0.5) is 32.0 Å². The first-order valence-corrected chi connectivity index (χ1v) is 13.6. The van der Waals surface area contributed by atoms with Crippen LogP contribution in [0.25, 0.3) is 0 Å². The first kappa shape index (κ1) is 30.5. The molecule has 0 radical (unpaired) electrons. The summed E-state index contributed by atoms with van der Waals surface area (Å²) in [5.41, 5.74) is -0.984. The Morgan fingerprint density at radius 1 is 1.05 bits per heavy atom. The third-order valence-electron chi connectivity index (χ3n) is 6.19. The van der Waals surface area contributed by atoms with Crippen LogP contribution in [-0.4, -0.2) is 61.6 Å². The first-order valence-electron chi connectivity index (χ1n) is 12.2. The molecule has 0 spiro atoms. The number of carbonyl (C=O) groups excluding carboxylic acids is 1. The van der Waals surface area contributed by atoms with E-state index in [9.17, 15) is 39.6 Å². The van der Waals surface area contributed by atoms with E-state index in [0.29, 0.717) is 6.07 Å². The van der Waals surface area contributed by atoms with Crippen molar-refractivity contribution in [2.45, 2.75) is 62.6 Å². The molecule has 3 rings (SSSR count). The average Bonchev–Trinajstić information content (AvgIpc) is 2.84. The summed E-state index contributed by atoms with van der Waals surface area (Å²) in [4.78, 5) is 13.8. The van der Waals surface area contributed by atoms with E-state index in [2.05, 4.69) is 10.1 Å². The topological polar surface area (TPSA) is 79.0 Å². The van der Waals surface area contributed by atoms with Gasteiger partial charge < -0.3 is 15.0 Å². The van der Waals surface area contributed by atoms with Crippen LogP contribution in [0.3, 0.4) is 0 Å². The number of nitrogens with zero attached hydrogens (tertiary/aromatic N) is 2. The SMILES string of the molecule is CC(C)N(C1CCN(C(=O)CCNc2ccccc2OC(F)(F)F)CC1)S(=O)(=O)c1cccc(C(F)(F)F)c1. The fourth-order valence-electron chi connectivity index (χ4n) is 4.51. The van der Waals surface area contributed by atoms with Gasteiger partial charge in [-0.1, -0.05) is 18.2 Å². The van der Waals surface area contributed by atoms with Gasteiger partial charge in [-0.05, 0) is 57.0 Å². The third kappa shape index (κ3) is 8.01. The summed E-state index contributed by atoms with van der Waals surface area (Å²) in [6, 6.07) is 7.98. The Balaban J connectivity index is 1.60. The van der Waals surface area contributed by atoms with E-state index in [1.54, 1.807) is 13.8 Å². The summed E-state index contributed by atoms with van der Waals surface area (Å²) in [7, 11) is -4.25. The second-order valence-corrected chi connectivity index (χ2v) is 11.1. The molecule has 14 heteroatoms. The minimum atomic E-state index is -4.86. The highest BCUT2D eigenvalue weighted by Gasteiger charge is 2.38. The van der Waals surface area contributed by atoms with Gasteiger partial charge in [-0.3, -0.25) is 4.79 Å². The Hall–Kier alpha value is -3.00. The number of halogens is 6. The van der Waals surface area contributed by atoms with Crippen molar-refractivity contribution in [3.8, 4) is 5.75 Å². The second-order valence-electron chi connectivity index (χ2n) is 9.29. The fourth-order valence-corrected chi connectivity index (χ4v) is 6.44. The molecule has 1 amide bonds. The monoisotopic (exact) mass is 581 g/mol. The molecule has 0 atom stereocenters. The number of likely N-dealkylation sites (tertiary alicyclic amines) is 1. The number of hydrogen-bond donors (Lipinski definition) is 1. The Kier molecular flexibility index (Phi) is 9.42. The normalized spacial score (nSPS) is 15.6. The molecule has 2 aromatic carbocycles. The van der Waals surface area contributed by atoms with E-state index in [1.165, 1.54) is 27.4 Å². The highest BCUT2D eigenvalue weighted by atomic mass is 32.2. The lowest BCUT2D eigenvalue weighted by Gasteiger charge is -2.39. The number of benzene rings is 2. The predicted octanol–water partition coefficient (Wildman–Crippen LogP) is 5.50. The zero-order chi connectivity index (χ0) is 29.0. The maximum atomic E-state index is 13.3. The van der Waals surface area contributed by atoms with Crippen molar-refractivity contribution in [2.24, 2.45) is 0 Å². The van der Waals surface area contributed by atoms with Gasteiger partial charge in [0, 0.05) is 38.1 Å². The van der Waals surface area contributed by atoms with E-state index in [1.807, 2.05) is 0 Å². The van der Waals surface area contributed by atoms with Crippen LogP contribution in [0, 0.1) is 0 Å². The Morgan fingerprint density at radius 2 is 1.69 bits per heavy atom. The lowest BCUT2D eigenvalue weighted by atomic mass is 10.0. The number of amides is 1. The number of para-hydroxylation sites is 2. The first-order chi connectivity index (χ1) is 18.1. The fraction of sp³-hybridized carbons (Fsp3) is 0.480. The minimum Gasteiger partial charge on any atom is -0.404 e. The van der Waals surface area contributed by atoms with Gasteiger partial charge in [-0.15, -0.1) is 13.2 Å². The van der Waals surface area contributed by atoms with Gasteiger partial charge in [-0.2, -0.15) is 17.5 Å². The molecular weight excluding hydrogens is 552 g/mol. The molecule has 0 bridgehead atoms. The van der Waals surface area contributed by atoms with Crippen LogP contribution < -0.4 is 10.1 Å². The quantitative estimate of drug-likeness (QED) is 0.396. The number of ether oxygens (including phenoxy) is 1. The molecular formula is C25H29F6N3O4S. The molecule has 1 N–H and O–H groups in total. The van der Waals surface area contributed by atoms with Crippen molar-refractivity contribution >= 4 is 21.6 Å². The van der Waals surface area contributed by atoms with Gasteiger partial charge in [0.15, 0.2) is 5.75 Å². The van der Waals surface area contributed by atoms with Gasteiger partial charge in [0.05, 0.1) is 16.1 Å². The lowest BCUT2D eigenvalue weighted by molar-refractivity contribution is -0.274. The Labute approximate surface area is 222 Å². The van der Waals surface area contributed by atoms with E-state index in [0.717, 1.165) is 24.3 Å². The predicted molar refractivity (Wildman–Crippen MR) is 131 cm³/mol. The summed E-state index contributed by atoms with van der Waals surface area (Å²) in [5, 5.41) is 2.76. The average molecular weight is 582 g/mol. The second kappa shape index (κ2) is 12.0. The van der Waals surface area contributed by atoms with E-state index in [4.69, 9.17) is 0 Å². The number of piperidine rings is 1. The largest absolute Gasteiger partial charge is 0.573 e. The molecule has 1 aliphatic rings. The molecule has 216 valence electrons. The van der Waals surface area contributed by atoms with Crippen molar-refractivity contribution in [3.05, 3.63) is 54.1 Å². The number of anilines is 1. The van der Waals surface area contributed by atoms with Crippen LogP contribution >= 0.6 is 0 Å². The standard InChI is InChI=1S/C25H29F6N3O4S/c1-17(2)34(39(36,37)20-7-5-6-18(16-20)24(26,27)28)19-11-14-33(15-12-19)23(35)10-13-32-21-8-3-4-9-22(21)38-25(29,30)31/h3-9,16-17,19,32H,10-15H2,1-2H3. The highest BCUT2D eigenvalue weighted by molar-refractivity contribution is 7.89. The van der Waals surface area contributed by atoms with Crippen LogP contribution in [0.5, 0.6) is 5.75 Å². The molecule has 1 heterocycles. The Bertz CT molecular complexity index is 1240. The number of rotatable bonds is 9. The van der Waals surface area contributed by atoms with Crippen molar-refractivity contribution in [1.82, 2.24) is 9.21 Å². The molecule has 0 saturated carbocycles. The van der Waals surface area contributed by atoms with Crippen LogP contribution in [0.1, 0.15) is 38.7 Å². The van der Waals surface area contributed by atoms with E-state index < -0.39 is 50.9 Å². The van der Waals surface area contributed by atoms with Gasteiger partial charge in [-0.25, -0.2) is 8.42 Å². The van der Waals surface area contributed by atoms with Gasteiger partial charge in [0.2, 0.25) is 15.9 Å². The van der Waals surface area contributed by atoms with Gasteiger partial charge in [0.1, 0.15) is 0 Å². The zero-order valence-corrected chi connectivity index (χ0v) is 22.0. The molecule has 2 aromatic rings. The molecule has 1 saturated heterocycles. The van der Waals surface area contributed by atoms with Crippen LogP contribution in [-0.2, 0) is 21.0 Å². The smallest absolute Gasteiger partial charge is 0.404 e. The molecule has 39 heavy (non-hydrogen) atoms. The molecule has 1 aliphatic heterocycles. The zero-order valence-electron chi connectivity index (χ0n) is 21.2. The van der Waals surface area contributed by atoms with Crippen molar-refractivity contribution in [2.75, 3.05) is 25.0 Å². The minimum absolute atomic E-state index is 0.0263. The summed E-state index contributed by atoms with van der Waals surface area (Å²) in [5.74, 6) is -0.693. The van der Waals surface area contributed by atoms with Crippen LogP contribution in [0.15, 0.2) is 53.4 Å². The molecule has 7 nitrogen and oxygen atoms in total. The number of nitrogens with one attached hydrogen (secondary N) is 1. The van der Waals surface area contributed by atoms with Gasteiger partial charge >= 0.3 is 12.5 Å². The number of sulfonamides is 1. The van der Waals surface area contributed by atoms with Crippen molar-refractivity contribution < 1.29 is 44.3 Å². The van der Waals surface area contributed by atoms with E-state index >= 15 is 0 Å². The molecule has 1 fully saturated rings. The number of carbonyl (C=O) groups is 1. The maximum Gasteiger partial charge on any atom is 0.573 e. The van der Waals surface area contributed by atoms with Gasteiger partial charge in [0.25, 0.3) is 0 Å². The maximum absolute atomic E-state index is 13.3. The van der Waals surface area contributed by atoms with Crippen molar-refractivity contribution in [1.29, 1.82) is 0 Å². The summed E-state index contributed by atoms with van der Waals surface area (Å²) >= 11 is 0.